The lowest BCUT2D eigenvalue weighted by molar-refractivity contribution is 0.682. The minimum atomic E-state index is 1.26. The highest BCUT2D eigenvalue weighted by Gasteiger charge is 2.15. The summed E-state index contributed by atoms with van der Waals surface area (Å²) >= 11 is 0. The summed E-state index contributed by atoms with van der Waals surface area (Å²) in [7, 11) is 0. The van der Waals surface area contributed by atoms with E-state index in [0.717, 1.165) is 0 Å². The summed E-state index contributed by atoms with van der Waals surface area (Å²) in [6.07, 6.45) is 5.24. The summed E-state index contributed by atoms with van der Waals surface area (Å²) in [6, 6.07) is 13.4. The maximum atomic E-state index is 2.35. The number of aryl methyl sites for hydroxylation is 2. The molecule has 0 spiro atoms. The molecule has 0 bridgehead atoms. The molecule has 0 aliphatic heterocycles. The van der Waals surface area contributed by atoms with Crippen LogP contribution in [0.3, 0.4) is 0 Å². The molecule has 0 aromatic heterocycles. The highest BCUT2D eigenvalue weighted by molar-refractivity contribution is 5.72. The number of hydrogen-bond acceptors (Lipinski definition) is 0. The summed E-state index contributed by atoms with van der Waals surface area (Å²) in [6.45, 7) is 8.50. The lowest BCUT2D eigenvalue weighted by atomic mass is 9.84. The first-order valence-electron chi connectivity index (χ1n) is 7.95. The first-order chi connectivity index (χ1) is 9.77. The van der Waals surface area contributed by atoms with E-state index in [1.165, 1.54) is 47.9 Å². The Balaban J connectivity index is 0.000000704. The van der Waals surface area contributed by atoms with Crippen molar-refractivity contribution in [1.82, 2.24) is 0 Å². The third kappa shape index (κ3) is 2.80. The highest BCUT2D eigenvalue weighted by atomic mass is 14.2. The zero-order valence-corrected chi connectivity index (χ0v) is 13.3. The van der Waals surface area contributed by atoms with Gasteiger partial charge in [-0.2, -0.15) is 0 Å². The molecule has 0 fully saturated rings. The summed E-state index contributed by atoms with van der Waals surface area (Å²) in [5.74, 6) is 0. The van der Waals surface area contributed by atoms with E-state index in [1.807, 2.05) is 13.8 Å². The van der Waals surface area contributed by atoms with Gasteiger partial charge in [0.1, 0.15) is 0 Å². The topological polar surface area (TPSA) is 0 Å². The normalized spacial score (nSPS) is 13.2. The van der Waals surface area contributed by atoms with Gasteiger partial charge in [-0.3, -0.25) is 0 Å². The second kappa shape index (κ2) is 6.74. The van der Waals surface area contributed by atoms with Gasteiger partial charge < -0.3 is 0 Å². The molecule has 2 aromatic carbocycles. The van der Waals surface area contributed by atoms with Gasteiger partial charge in [0.25, 0.3) is 0 Å². The van der Waals surface area contributed by atoms with Crippen LogP contribution in [0.1, 0.15) is 48.9 Å². The third-order valence-corrected chi connectivity index (χ3v) is 4.25. The molecule has 0 radical (unpaired) electrons. The van der Waals surface area contributed by atoms with Crippen molar-refractivity contribution in [2.24, 2.45) is 0 Å². The van der Waals surface area contributed by atoms with Crippen molar-refractivity contribution in [2.45, 2.75) is 53.4 Å². The monoisotopic (exact) mass is 266 g/mol. The van der Waals surface area contributed by atoms with Crippen molar-refractivity contribution in [3.05, 3.63) is 58.7 Å². The number of hydrogen-bond donors (Lipinski definition) is 0. The molecule has 20 heavy (non-hydrogen) atoms. The Hall–Kier alpha value is -1.56. The summed E-state index contributed by atoms with van der Waals surface area (Å²) in [4.78, 5) is 0. The minimum Gasteiger partial charge on any atom is -0.0683 e. The predicted octanol–water partition coefficient (Wildman–Crippen LogP) is 5.88. The average molecular weight is 266 g/mol. The van der Waals surface area contributed by atoms with Gasteiger partial charge in [-0.05, 0) is 72.9 Å². The quantitative estimate of drug-likeness (QED) is 0.605. The van der Waals surface area contributed by atoms with Gasteiger partial charge in [0.15, 0.2) is 0 Å². The molecule has 0 heterocycles. The van der Waals surface area contributed by atoms with Gasteiger partial charge in [-0.15, -0.1) is 0 Å². The molecule has 3 rings (SSSR count). The molecule has 0 unspecified atom stereocenters. The van der Waals surface area contributed by atoms with Crippen LogP contribution >= 0.6 is 0 Å². The Bertz CT molecular complexity index is 579. The van der Waals surface area contributed by atoms with E-state index in [0.29, 0.717) is 0 Å². The third-order valence-electron chi connectivity index (χ3n) is 4.25. The van der Waals surface area contributed by atoms with Crippen molar-refractivity contribution in [3.8, 4) is 11.1 Å². The van der Waals surface area contributed by atoms with Gasteiger partial charge in [0.05, 0.1) is 0 Å². The largest absolute Gasteiger partial charge is 0.0683 e. The van der Waals surface area contributed by atoms with Crippen molar-refractivity contribution >= 4 is 0 Å². The first kappa shape index (κ1) is 14.8. The van der Waals surface area contributed by atoms with E-state index in [4.69, 9.17) is 0 Å². The molecule has 0 saturated heterocycles. The maximum absolute atomic E-state index is 2.35. The second-order valence-corrected chi connectivity index (χ2v) is 5.40. The molecule has 1 aliphatic rings. The molecule has 106 valence electrons. The van der Waals surface area contributed by atoms with Gasteiger partial charge in [-0.1, -0.05) is 50.2 Å². The molecule has 0 N–H and O–H groups in total. The van der Waals surface area contributed by atoms with Gasteiger partial charge in [-0.25, -0.2) is 0 Å². The molecule has 0 nitrogen and oxygen atoms in total. The summed E-state index contributed by atoms with van der Waals surface area (Å²) in [5, 5.41) is 0. The van der Waals surface area contributed by atoms with E-state index < -0.39 is 0 Å². The van der Waals surface area contributed by atoms with Crippen LogP contribution < -0.4 is 0 Å². The summed E-state index contributed by atoms with van der Waals surface area (Å²) < 4.78 is 0. The zero-order chi connectivity index (χ0) is 14.5. The van der Waals surface area contributed by atoms with E-state index in [1.54, 1.807) is 11.1 Å². The molecule has 0 saturated carbocycles. The molecule has 1 aliphatic carbocycles. The van der Waals surface area contributed by atoms with Crippen molar-refractivity contribution in [1.29, 1.82) is 0 Å². The van der Waals surface area contributed by atoms with E-state index in [9.17, 15) is 0 Å². The predicted molar refractivity (Wildman–Crippen MR) is 89.3 cm³/mol. The number of rotatable bonds is 1. The van der Waals surface area contributed by atoms with Crippen LogP contribution in [0.2, 0.25) is 0 Å². The van der Waals surface area contributed by atoms with Gasteiger partial charge >= 0.3 is 0 Å². The number of benzene rings is 2. The Kier molecular flexibility index (Phi) is 5.00. The lowest BCUT2D eigenvalue weighted by Crippen LogP contribution is -2.05. The SMILES string of the molecule is CC.Cc1ccccc1-c1ccc2c(c1C)CCCC2. The van der Waals surface area contributed by atoms with Crippen LogP contribution in [0.25, 0.3) is 11.1 Å². The molecule has 0 amide bonds. The maximum Gasteiger partial charge on any atom is -0.0149 e. The van der Waals surface area contributed by atoms with Crippen LogP contribution in [0.4, 0.5) is 0 Å². The van der Waals surface area contributed by atoms with Crippen LogP contribution in [0, 0.1) is 13.8 Å². The zero-order valence-electron chi connectivity index (χ0n) is 13.3. The van der Waals surface area contributed by atoms with Crippen molar-refractivity contribution in [3.63, 3.8) is 0 Å². The minimum absolute atomic E-state index is 1.26. The van der Waals surface area contributed by atoms with Gasteiger partial charge in [0.2, 0.25) is 0 Å². The fourth-order valence-corrected chi connectivity index (χ4v) is 3.18. The average Bonchev–Trinajstić information content (AvgIpc) is 2.51. The molecule has 0 atom stereocenters. The van der Waals surface area contributed by atoms with Crippen LogP contribution in [0.15, 0.2) is 36.4 Å². The van der Waals surface area contributed by atoms with E-state index >= 15 is 0 Å². The fourth-order valence-electron chi connectivity index (χ4n) is 3.18. The van der Waals surface area contributed by atoms with Crippen LogP contribution in [0.5, 0.6) is 0 Å². The first-order valence-corrected chi connectivity index (χ1v) is 7.95. The smallest absolute Gasteiger partial charge is 0.0149 e. The van der Waals surface area contributed by atoms with Crippen LogP contribution in [-0.4, -0.2) is 0 Å². The molecule has 2 aromatic rings. The highest BCUT2D eigenvalue weighted by Crippen LogP contribution is 2.33. The number of fused-ring (bicyclic) bond motifs is 1. The second-order valence-electron chi connectivity index (χ2n) is 5.40. The summed E-state index contributed by atoms with van der Waals surface area (Å²) in [5.41, 5.74) is 8.88. The van der Waals surface area contributed by atoms with Gasteiger partial charge in [0, 0.05) is 0 Å². The molecular formula is C20H26. The standard InChI is InChI=1S/C18H20.C2H6/c1-13-7-3-5-9-16(13)18-12-11-15-8-4-6-10-17(15)14(18)2;1-2/h3,5,7,9,11-12H,4,6,8,10H2,1-2H3;1-2H3. The van der Waals surface area contributed by atoms with Crippen molar-refractivity contribution in [2.75, 3.05) is 0 Å². The van der Waals surface area contributed by atoms with E-state index in [-0.39, 0.29) is 0 Å². The van der Waals surface area contributed by atoms with Crippen molar-refractivity contribution < 1.29 is 0 Å². The molecule has 0 heteroatoms. The lowest BCUT2D eigenvalue weighted by Gasteiger charge is -2.21. The Morgan fingerprint density at radius 2 is 1.45 bits per heavy atom. The van der Waals surface area contributed by atoms with E-state index in [2.05, 4.69) is 50.2 Å². The Morgan fingerprint density at radius 3 is 2.20 bits per heavy atom. The Labute approximate surface area is 123 Å². The van der Waals surface area contributed by atoms with Crippen LogP contribution in [-0.2, 0) is 12.8 Å². The molecular weight excluding hydrogens is 240 g/mol. The fraction of sp³-hybridized carbons (Fsp3) is 0.400. The Morgan fingerprint density at radius 1 is 0.750 bits per heavy atom.